The second-order valence-electron chi connectivity index (χ2n) is 12.0. The first-order chi connectivity index (χ1) is 27.4. The minimum absolute atomic E-state index is 0. The molecule has 0 unspecified atom stereocenters. The Hall–Kier alpha value is -1.48. The van der Waals surface area contributed by atoms with E-state index in [9.17, 15) is 46.7 Å². The van der Waals surface area contributed by atoms with E-state index in [2.05, 4.69) is 39.2 Å². The minimum atomic E-state index is -5.22. The van der Waals surface area contributed by atoms with Crippen LogP contribution in [0.5, 0.6) is 11.5 Å². The van der Waals surface area contributed by atoms with Crippen LogP contribution < -0.4 is 140 Å². The van der Waals surface area contributed by atoms with Gasteiger partial charge in [0, 0.05) is 15.7 Å². The van der Waals surface area contributed by atoms with Gasteiger partial charge in [0.1, 0.15) is 31.6 Å². The van der Waals surface area contributed by atoms with E-state index in [1.165, 1.54) is 18.2 Å². The SMILES string of the molecule is Cc1cc(-c2ccc(N=Nc3cc(S(=O)(=O)[O-])c4ccc(S(=O)(=O)[O-])c(N)c4c3O)c(C)c2)ccc1N=Nc1cc(SOO[O-])c2ccc(SOO[O-])c(N)c2c1O.[Na+].[Na+].[Na+].[Na+]. The largest absolute Gasteiger partial charge is 1.00 e. The molecule has 0 bridgehead atoms. The summed E-state index contributed by atoms with van der Waals surface area (Å²) in [6, 6.07) is 17.0. The number of phenolic OH excluding ortho intramolecular Hbond substituents is 2. The fourth-order valence-electron chi connectivity index (χ4n) is 5.85. The Morgan fingerprint density at radius 2 is 0.984 bits per heavy atom. The van der Waals surface area contributed by atoms with Gasteiger partial charge in [0.25, 0.3) is 0 Å². The van der Waals surface area contributed by atoms with Crippen molar-refractivity contribution in [2.75, 3.05) is 11.5 Å². The number of hydrogen-bond acceptors (Lipinski definition) is 22. The van der Waals surface area contributed by atoms with Crippen LogP contribution in [-0.2, 0) is 39.0 Å². The number of anilines is 2. The van der Waals surface area contributed by atoms with Crippen LogP contribution in [-0.4, -0.2) is 36.2 Å². The van der Waals surface area contributed by atoms with Gasteiger partial charge >= 0.3 is 118 Å². The molecule has 0 spiro atoms. The fourth-order valence-corrected chi connectivity index (χ4v) is 8.09. The molecule has 0 amide bonds. The van der Waals surface area contributed by atoms with Gasteiger partial charge in [-0.25, -0.2) is 16.8 Å². The van der Waals surface area contributed by atoms with Crippen molar-refractivity contribution in [1.82, 2.24) is 0 Å². The molecule has 0 radical (unpaired) electrons. The number of aryl methyl sites for hydroxylation is 2. The minimum Gasteiger partial charge on any atom is -0.744 e. The zero-order chi connectivity index (χ0) is 42.1. The van der Waals surface area contributed by atoms with E-state index in [1.54, 1.807) is 44.2 Å². The first-order valence-electron chi connectivity index (χ1n) is 15.8. The number of fused-ring (bicyclic) bond motifs is 2. The van der Waals surface area contributed by atoms with Crippen molar-refractivity contribution in [3.63, 3.8) is 0 Å². The first-order valence-corrected chi connectivity index (χ1v) is 20.1. The Morgan fingerprint density at radius 3 is 1.45 bits per heavy atom. The summed E-state index contributed by atoms with van der Waals surface area (Å²) in [6.07, 6.45) is 0. The average molecular weight is 961 g/mol. The summed E-state index contributed by atoms with van der Waals surface area (Å²) in [5.41, 5.74) is 14.1. The monoisotopic (exact) mass is 960 g/mol. The third-order valence-corrected chi connectivity index (χ3v) is 11.6. The van der Waals surface area contributed by atoms with Crippen LogP contribution in [0, 0.1) is 13.8 Å². The molecule has 0 aromatic heterocycles. The van der Waals surface area contributed by atoms with Crippen LogP contribution in [0.3, 0.4) is 0 Å². The van der Waals surface area contributed by atoms with Crippen LogP contribution >= 0.6 is 24.1 Å². The number of nitrogens with zero attached hydrogens (tertiary/aromatic N) is 4. The van der Waals surface area contributed by atoms with Crippen molar-refractivity contribution in [1.29, 1.82) is 0 Å². The molecule has 6 aromatic rings. The first kappa shape index (κ1) is 56.6. The number of azo groups is 2. The Labute approximate surface area is 449 Å². The van der Waals surface area contributed by atoms with E-state index in [0.29, 0.717) is 46.3 Å². The van der Waals surface area contributed by atoms with Crippen molar-refractivity contribution < 1.29 is 184 Å². The van der Waals surface area contributed by atoms with E-state index in [4.69, 9.17) is 11.5 Å². The molecule has 0 aliphatic carbocycles. The van der Waals surface area contributed by atoms with E-state index < -0.39 is 57.9 Å². The van der Waals surface area contributed by atoms with Gasteiger partial charge in [0.05, 0.1) is 72.3 Å². The molecule has 0 saturated carbocycles. The normalized spacial score (nSPS) is 11.6. The number of benzene rings is 6. The third kappa shape index (κ3) is 12.5. The van der Waals surface area contributed by atoms with E-state index in [1.807, 2.05) is 6.07 Å². The smallest absolute Gasteiger partial charge is 0.744 e. The van der Waals surface area contributed by atoms with Gasteiger partial charge in [-0.3, -0.25) is 10.1 Å². The molecule has 0 aliphatic rings. The second kappa shape index (κ2) is 23.8. The van der Waals surface area contributed by atoms with Crippen LogP contribution in [0.25, 0.3) is 32.7 Å². The van der Waals surface area contributed by atoms with Crippen molar-refractivity contribution in [2.45, 2.75) is 33.4 Å². The standard InChI is InChI=1S/C34H28N6O14S4.4Na/c1-15-11-17(3-7-21(15)37-39-23-13-26(56-54-52-44)19-5-9-25(55-53-51-43)31(35)29(19)33(23)41)18-4-8-22(16(2)12-18)38-40-24-14-28(58(48,49)50)20-6-10-27(57(45,46)47)32(36)30(20)34(24)42;;;;/h3-14,41-44H,35-36H2,1-2H3,(H,45,46,47)(H,48,49,50);;;;/q;4*+1/p-4. The summed E-state index contributed by atoms with van der Waals surface area (Å²) >= 11 is 1.04. The van der Waals surface area contributed by atoms with Crippen LogP contribution in [0.1, 0.15) is 11.1 Å². The number of rotatable bonds is 13. The second-order valence-corrected chi connectivity index (χ2v) is 16.2. The van der Waals surface area contributed by atoms with Crippen molar-refractivity contribution in [3.05, 3.63) is 83.9 Å². The molecular formula is C34H24N6Na4O14S4. The summed E-state index contributed by atoms with van der Waals surface area (Å²) in [7, 11) is -10.4. The average Bonchev–Trinajstić information content (AvgIpc) is 3.16. The summed E-state index contributed by atoms with van der Waals surface area (Å²) in [6.45, 7) is 3.46. The van der Waals surface area contributed by atoms with Crippen molar-refractivity contribution >= 4 is 100.0 Å². The topological polar surface area (TPSA) is 339 Å². The molecule has 6 N–H and O–H groups in total. The fraction of sp³-hybridized carbons (Fsp3) is 0.0588. The van der Waals surface area contributed by atoms with Crippen LogP contribution in [0.2, 0.25) is 0 Å². The number of hydrogen-bond donors (Lipinski definition) is 4. The predicted octanol–water partition coefficient (Wildman–Crippen LogP) is -6.03. The molecule has 0 saturated heterocycles. The zero-order valence-electron chi connectivity index (χ0n) is 33.3. The summed E-state index contributed by atoms with van der Waals surface area (Å²) in [4.78, 5) is -1.31. The Morgan fingerprint density at radius 1 is 0.548 bits per heavy atom. The number of phenols is 2. The van der Waals surface area contributed by atoms with Crippen LogP contribution in [0.4, 0.5) is 34.1 Å². The van der Waals surface area contributed by atoms with Gasteiger partial charge in [-0.1, -0.05) is 24.3 Å². The number of aromatic hydroxyl groups is 2. The van der Waals surface area contributed by atoms with Gasteiger partial charge in [0.15, 0.2) is 11.5 Å². The molecule has 6 aromatic carbocycles. The molecular weight excluding hydrogens is 937 g/mol. The zero-order valence-corrected chi connectivity index (χ0v) is 44.6. The van der Waals surface area contributed by atoms with Gasteiger partial charge in [-0.05, 0) is 84.6 Å². The third-order valence-electron chi connectivity index (χ3n) is 8.54. The van der Waals surface area contributed by atoms with E-state index in [-0.39, 0.29) is 156 Å². The summed E-state index contributed by atoms with van der Waals surface area (Å²) in [5.74, 6) is -1.19. The Kier molecular flexibility index (Phi) is 21.8. The Bertz CT molecular complexity index is 2930. The van der Waals surface area contributed by atoms with Gasteiger partial charge < -0.3 is 41.3 Å². The molecule has 0 atom stereocenters. The quantitative estimate of drug-likeness (QED) is 0.0159. The molecule has 0 fully saturated rings. The molecule has 0 heterocycles. The molecule has 0 aliphatic heterocycles. The van der Waals surface area contributed by atoms with Crippen molar-refractivity contribution in [2.24, 2.45) is 20.5 Å². The van der Waals surface area contributed by atoms with Crippen molar-refractivity contribution in [3.8, 4) is 22.6 Å². The summed E-state index contributed by atoms with van der Waals surface area (Å²) < 4.78 is 80.3. The summed E-state index contributed by atoms with van der Waals surface area (Å²) in [5, 5.41) is 65.8. The number of nitrogen functional groups attached to an aromatic ring is 2. The van der Waals surface area contributed by atoms with Gasteiger partial charge in [-0.2, -0.15) is 18.9 Å². The number of nitrogens with two attached hydrogens (primary N) is 2. The Balaban J connectivity index is 0.00000331. The molecule has 62 heavy (non-hydrogen) atoms. The maximum Gasteiger partial charge on any atom is 1.00 e. The molecule has 6 rings (SSSR count). The van der Waals surface area contributed by atoms with Gasteiger partial charge in [0.2, 0.25) is 0 Å². The van der Waals surface area contributed by atoms with Gasteiger partial charge in [-0.15, -0.1) is 10.2 Å². The molecule has 28 heteroatoms. The predicted molar refractivity (Wildman–Crippen MR) is 202 cm³/mol. The van der Waals surface area contributed by atoms with E-state index >= 15 is 0 Å². The van der Waals surface area contributed by atoms with Crippen LogP contribution in [0.15, 0.2) is 113 Å². The van der Waals surface area contributed by atoms with E-state index in [0.717, 1.165) is 29.3 Å². The maximum absolute atomic E-state index is 12.1. The molecule has 20 nitrogen and oxygen atoms in total. The molecule has 302 valence electrons. The maximum atomic E-state index is 12.1.